The van der Waals surface area contributed by atoms with Gasteiger partial charge in [0.25, 0.3) is 5.91 Å². The van der Waals surface area contributed by atoms with Gasteiger partial charge in [0.1, 0.15) is 23.4 Å². The molecule has 0 aliphatic rings. The summed E-state index contributed by atoms with van der Waals surface area (Å²) in [5.41, 5.74) is 1.09. The SMILES string of the molecule is CCCCCCCCN(C(=O)C(CCSC)NC(=O)OC(C)(C)C)C(C(=O)Nc1ccccc1C)c1ccccc1O. The number of rotatable bonds is 16. The lowest BCUT2D eigenvalue weighted by atomic mass is 10.00. The van der Waals surface area contributed by atoms with Crippen molar-refractivity contribution in [2.75, 3.05) is 23.9 Å². The molecule has 2 aromatic carbocycles. The van der Waals surface area contributed by atoms with E-state index < -0.39 is 35.6 Å². The number of aromatic hydroxyl groups is 1. The minimum Gasteiger partial charge on any atom is -0.508 e. The van der Waals surface area contributed by atoms with Gasteiger partial charge in [0.05, 0.1) is 0 Å². The van der Waals surface area contributed by atoms with Crippen LogP contribution in [0, 0.1) is 6.92 Å². The minimum atomic E-state index is -1.12. The molecule has 8 nitrogen and oxygen atoms in total. The van der Waals surface area contributed by atoms with E-state index in [9.17, 15) is 19.5 Å². The van der Waals surface area contributed by atoms with Gasteiger partial charge in [0.2, 0.25) is 5.91 Å². The number of amides is 3. The fourth-order valence-corrected chi connectivity index (χ4v) is 5.13. The third kappa shape index (κ3) is 11.6. The van der Waals surface area contributed by atoms with Crippen LogP contribution in [-0.2, 0) is 14.3 Å². The first-order valence-corrected chi connectivity index (χ1v) is 16.3. The largest absolute Gasteiger partial charge is 0.508 e. The number of para-hydroxylation sites is 2. The Morgan fingerprint density at radius 2 is 1.62 bits per heavy atom. The maximum Gasteiger partial charge on any atom is 0.408 e. The molecule has 3 N–H and O–H groups in total. The van der Waals surface area contributed by atoms with Gasteiger partial charge in [-0.15, -0.1) is 0 Å². The van der Waals surface area contributed by atoms with E-state index in [0.717, 1.165) is 37.7 Å². The molecular weight excluding hydrogens is 550 g/mol. The molecular formula is C33H49N3O5S. The Balaban J connectivity index is 2.51. The van der Waals surface area contributed by atoms with Crippen molar-refractivity contribution in [3.63, 3.8) is 0 Å². The maximum atomic E-state index is 14.4. The van der Waals surface area contributed by atoms with Crippen molar-refractivity contribution in [2.45, 2.75) is 97.2 Å². The molecule has 0 saturated carbocycles. The average Bonchev–Trinajstić information content (AvgIpc) is 2.93. The van der Waals surface area contributed by atoms with Gasteiger partial charge < -0.3 is 25.4 Å². The van der Waals surface area contributed by atoms with Crippen molar-refractivity contribution in [2.24, 2.45) is 0 Å². The van der Waals surface area contributed by atoms with E-state index in [4.69, 9.17) is 4.74 Å². The fraction of sp³-hybridized carbons (Fsp3) is 0.545. The van der Waals surface area contributed by atoms with Gasteiger partial charge in [-0.25, -0.2) is 4.79 Å². The summed E-state index contributed by atoms with van der Waals surface area (Å²) in [5.74, 6) is -0.292. The number of aryl methyl sites for hydroxylation is 1. The van der Waals surface area contributed by atoms with E-state index in [1.54, 1.807) is 56.8 Å². The van der Waals surface area contributed by atoms with E-state index in [0.29, 0.717) is 29.8 Å². The number of hydrogen-bond donors (Lipinski definition) is 3. The molecule has 0 spiro atoms. The normalized spacial score (nSPS) is 12.7. The van der Waals surface area contributed by atoms with E-state index in [1.807, 2.05) is 31.4 Å². The zero-order valence-corrected chi connectivity index (χ0v) is 26.9. The number of phenols is 1. The molecule has 0 bridgehead atoms. The minimum absolute atomic E-state index is 0.0797. The number of anilines is 1. The van der Waals surface area contributed by atoms with Gasteiger partial charge in [-0.1, -0.05) is 75.4 Å². The molecule has 2 atom stereocenters. The Bertz CT molecular complexity index is 1150. The number of ether oxygens (including phenoxy) is 1. The van der Waals surface area contributed by atoms with E-state index in [-0.39, 0.29) is 12.3 Å². The number of alkyl carbamates (subject to hydrolysis) is 1. The summed E-state index contributed by atoms with van der Waals surface area (Å²) in [4.78, 5) is 42.7. The van der Waals surface area contributed by atoms with Crippen molar-refractivity contribution in [3.8, 4) is 5.75 Å². The van der Waals surface area contributed by atoms with Crippen molar-refractivity contribution >= 4 is 35.4 Å². The first-order valence-electron chi connectivity index (χ1n) is 14.9. The number of thioether (sulfide) groups is 1. The second-order valence-corrected chi connectivity index (χ2v) is 12.5. The highest BCUT2D eigenvalue weighted by atomic mass is 32.2. The van der Waals surface area contributed by atoms with Gasteiger partial charge in [-0.2, -0.15) is 11.8 Å². The van der Waals surface area contributed by atoms with Crippen molar-refractivity contribution < 1.29 is 24.2 Å². The fourth-order valence-electron chi connectivity index (χ4n) is 4.66. The highest BCUT2D eigenvalue weighted by molar-refractivity contribution is 7.98. The van der Waals surface area contributed by atoms with Gasteiger partial charge in [0, 0.05) is 17.8 Å². The van der Waals surface area contributed by atoms with Crippen LogP contribution in [0.4, 0.5) is 10.5 Å². The molecule has 0 fully saturated rings. The molecule has 0 heterocycles. The Morgan fingerprint density at radius 3 is 2.26 bits per heavy atom. The topological polar surface area (TPSA) is 108 Å². The summed E-state index contributed by atoms with van der Waals surface area (Å²) in [5, 5.41) is 16.6. The first-order chi connectivity index (χ1) is 20.0. The van der Waals surface area contributed by atoms with Crippen LogP contribution in [0.25, 0.3) is 0 Å². The summed E-state index contributed by atoms with van der Waals surface area (Å²) in [6.45, 7) is 9.64. The van der Waals surface area contributed by atoms with Crippen LogP contribution < -0.4 is 10.6 Å². The van der Waals surface area contributed by atoms with Crippen LogP contribution in [0.5, 0.6) is 5.75 Å². The lowest BCUT2D eigenvalue weighted by molar-refractivity contribution is -0.141. The van der Waals surface area contributed by atoms with Gasteiger partial charge in [0.15, 0.2) is 0 Å². The molecule has 2 unspecified atom stereocenters. The maximum absolute atomic E-state index is 14.4. The zero-order chi connectivity index (χ0) is 31.1. The van der Waals surface area contributed by atoms with Crippen LogP contribution in [0.3, 0.4) is 0 Å². The Labute approximate surface area is 256 Å². The van der Waals surface area contributed by atoms with Crippen LogP contribution >= 0.6 is 11.8 Å². The number of phenolic OH excluding ortho intramolecular Hbond substituents is 1. The van der Waals surface area contributed by atoms with Crippen molar-refractivity contribution in [1.82, 2.24) is 10.2 Å². The third-order valence-electron chi connectivity index (χ3n) is 6.83. The highest BCUT2D eigenvalue weighted by Gasteiger charge is 2.37. The molecule has 3 amide bonds. The van der Waals surface area contributed by atoms with Crippen LogP contribution in [0.15, 0.2) is 48.5 Å². The van der Waals surface area contributed by atoms with E-state index in [2.05, 4.69) is 17.6 Å². The standard InChI is InChI=1S/C33H49N3O5S/c1-7-8-9-10-11-16-22-36(31(39)27(21-23-42-6)35-32(40)41-33(3,4)5)29(25-18-13-15-20-28(25)37)30(38)34-26-19-14-12-17-24(26)2/h12-15,17-20,27,29,37H,7-11,16,21-23H2,1-6H3,(H,34,38)(H,35,40). The number of unbranched alkanes of at least 4 members (excludes halogenated alkanes) is 5. The monoisotopic (exact) mass is 599 g/mol. The van der Waals surface area contributed by atoms with Crippen LogP contribution in [0.2, 0.25) is 0 Å². The number of nitrogens with zero attached hydrogens (tertiary/aromatic N) is 1. The van der Waals surface area contributed by atoms with Gasteiger partial charge in [-0.3, -0.25) is 9.59 Å². The van der Waals surface area contributed by atoms with Crippen molar-refractivity contribution in [1.29, 1.82) is 0 Å². The molecule has 0 aliphatic carbocycles. The van der Waals surface area contributed by atoms with E-state index in [1.165, 1.54) is 11.0 Å². The first kappa shape index (κ1) is 35.0. The number of nitrogens with one attached hydrogen (secondary N) is 2. The molecule has 0 aromatic heterocycles. The summed E-state index contributed by atoms with van der Waals surface area (Å²) in [7, 11) is 0. The summed E-state index contributed by atoms with van der Waals surface area (Å²) in [6.07, 6.45) is 7.60. The van der Waals surface area contributed by atoms with Gasteiger partial charge >= 0.3 is 6.09 Å². The van der Waals surface area contributed by atoms with Crippen LogP contribution in [-0.4, -0.2) is 58.1 Å². The summed E-state index contributed by atoms with van der Waals surface area (Å²) < 4.78 is 5.47. The zero-order valence-electron chi connectivity index (χ0n) is 26.1. The predicted molar refractivity (Wildman–Crippen MR) is 172 cm³/mol. The number of benzene rings is 2. The third-order valence-corrected chi connectivity index (χ3v) is 7.47. The predicted octanol–water partition coefficient (Wildman–Crippen LogP) is 7.22. The number of carbonyl (C=O) groups is 3. The van der Waals surface area contributed by atoms with Crippen LogP contribution in [0.1, 0.15) is 89.8 Å². The Hall–Kier alpha value is -3.20. The molecule has 0 saturated heterocycles. The van der Waals surface area contributed by atoms with E-state index >= 15 is 0 Å². The lowest BCUT2D eigenvalue weighted by Crippen LogP contribution is -2.52. The second-order valence-electron chi connectivity index (χ2n) is 11.5. The molecule has 0 aliphatic heterocycles. The van der Waals surface area contributed by atoms with Crippen molar-refractivity contribution in [3.05, 3.63) is 59.7 Å². The number of carbonyl (C=O) groups excluding carboxylic acids is 3. The quantitative estimate of drug-likeness (QED) is 0.176. The summed E-state index contributed by atoms with van der Waals surface area (Å²) in [6, 6.07) is 12.0. The number of hydrogen-bond acceptors (Lipinski definition) is 6. The molecule has 232 valence electrons. The second kappa shape index (κ2) is 17.7. The molecule has 0 radical (unpaired) electrons. The highest BCUT2D eigenvalue weighted by Crippen LogP contribution is 2.32. The lowest BCUT2D eigenvalue weighted by Gasteiger charge is -2.35. The smallest absolute Gasteiger partial charge is 0.408 e. The molecule has 9 heteroatoms. The summed E-state index contributed by atoms with van der Waals surface area (Å²) >= 11 is 1.56. The Kier molecular flexibility index (Phi) is 14.7. The molecule has 2 aromatic rings. The molecule has 42 heavy (non-hydrogen) atoms. The molecule has 2 rings (SSSR count). The Morgan fingerprint density at radius 1 is 0.976 bits per heavy atom. The average molecular weight is 600 g/mol. The van der Waals surface area contributed by atoms with Gasteiger partial charge in [-0.05, 0) is 70.2 Å².